The van der Waals surface area contributed by atoms with Crippen LogP contribution in [0.3, 0.4) is 0 Å². The Bertz CT molecular complexity index is 2340. The van der Waals surface area contributed by atoms with Crippen molar-refractivity contribution < 1.29 is 4.42 Å². The van der Waals surface area contributed by atoms with Crippen molar-refractivity contribution in [3.05, 3.63) is 170 Å². The lowest BCUT2D eigenvalue weighted by Gasteiger charge is -2.29. The van der Waals surface area contributed by atoms with Gasteiger partial charge in [-0.2, -0.15) is 0 Å². The maximum Gasteiger partial charge on any atom is 0.136 e. The van der Waals surface area contributed by atoms with E-state index in [4.69, 9.17) is 4.42 Å². The normalized spacial score (nSPS) is 13.0. The smallest absolute Gasteiger partial charge is 0.136 e. The van der Waals surface area contributed by atoms with Crippen LogP contribution in [0, 0.1) is 0 Å². The van der Waals surface area contributed by atoms with Gasteiger partial charge in [0.15, 0.2) is 0 Å². The molecule has 4 heteroatoms. The Balaban J connectivity index is 1.26. The zero-order valence-electron chi connectivity index (χ0n) is 27.0. The highest BCUT2D eigenvalue weighted by Gasteiger charge is 2.44. The molecule has 9 rings (SSSR count). The molecule has 0 saturated carbocycles. The second-order valence-electron chi connectivity index (χ2n) is 13.0. The molecular formula is C44H34N2OSi. The highest BCUT2D eigenvalue weighted by molar-refractivity contribution is 7.05. The maximum atomic E-state index is 7.01. The van der Waals surface area contributed by atoms with E-state index < -0.39 is 8.07 Å². The van der Waals surface area contributed by atoms with Crippen LogP contribution in [0.25, 0.3) is 33.1 Å². The van der Waals surface area contributed by atoms with Crippen LogP contribution in [0.5, 0.6) is 0 Å². The van der Waals surface area contributed by atoms with Crippen LogP contribution in [0.1, 0.15) is 0 Å². The van der Waals surface area contributed by atoms with Gasteiger partial charge >= 0.3 is 0 Å². The summed E-state index contributed by atoms with van der Waals surface area (Å²) in [6.45, 7) is 4.96. The number of benzene rings is 7. The minimum absolute atomic E-state index is 0.934. The minimum atomic E-state index is -2.20. The molecule has 0 N–H and O–H groups in total. The van der Waals surface area contributed by atoms with Gasteiger partial charge in [-0.15, -0.1) is 0 Å². The molecular weight excluding hydrogens is 601 g/mol. The molecule has 1 aliphatic rings. The minimum Gasteiger partial charge on any atom is -0.456 e. The zero-order valence-corrected chi connectivity index (χ0v) is 28.0. The molecule has 230 valence electrons. The third kappa shape index (κ3) is 4.41. The van der Waals surface area contributed by atoms with E-state index in [0.29, 0.717) is 0 Å². The lowest BCUT2D eigenvalue weighted by molar-refractivity contribution is 0.635. The van der Waals surface area contributed by atoms with Crippen molar-refractivity contribution >= 4 is 74.3 Å². The van der Waals surface area contributed by atoms with E-state index in [9.17, 15) is 0 Å². The number of para-hydroxylation sites is 4. The van der Waals surface area contributed by atoms with Crippen LogP contribution >= 0.6 is 0 Å². The molecule has 0 aliphatic carbocycles. The maximum absolute atomic E-state index is 7.01. The van der Waals surface area contributed by atoms with E-state index in [1.165, 1.54) is 37.8 Å². The fourth-order valence-electron chi connectivity index (χ4n) is 7.62. The lowest BCUT2D eigenvalue weighted by Crippen LogP contribution is -2.49. The van der Waals surface area contributed by atoms with Gasteiger partial charge in [0.05, 0.1) is 5.69 Å². The van der Waals surface area contributed by atoms with E-state index in [0.717, 1.165) is 39.8 Å². The van der Waals surface area contributed by atoms with E-state index >= 15 is 0 Å². The number of fused-ring (bicyclic) bond motifs is 7. The summed E-state index contributed by atoms with van der Waals surface area (Å²) in [4.78, 5) is 4.70. The van der Waals surface area contributed by atoms with Crippen molar-refractivity contribution in [2.45, 2.75) is 13.1 Å². The quantitative estimate of drug-likeness (QED) is 0.170. The Morgan fingerprint density at radius 1 is 0.438 bits per heavy atom. The monoisotopic (exact) mass is 634 g/mol. The van der Waals surface area contributed by atoms with Gasteiger partial charge in [0, 0.05) is 50.8 Å². The molecule has 8 aromatic rings. The average Bonchev–Trinajstić information content (AvgIpc) is 3.62. The third-order valence-electron chi connectivity index (χ3n) is 9.78. The summed E-state index contributed by atoms with van der Waals surface area (Å²) in [6, 6.07) is 60.6. The van der Waals surface area contributed by atoms with Gasteiger partial charge in [0.2, 0.25) is 0 Å². The summed E-state index contributed by atoms with van der Waals surface area (Å²) in [5.74, 6) is 1.04. The van der Waals surface area contributed by atoms with Gasteiger partial charge in [-0.1, -0.05) is 110 Å². The number of hydrogen-bond acceptors (Lipinski definition) is 3. The van der Waals surface area contributed by atoms with Crippen LogP contribution in [0.4, 0.5) is 34.1 Å². The first-order chi connectivity index (χ1) is 23.6. The molecule has 7 aromatic carbocycles. The number of rotatable bonds is 6. The number of nitrogens with zero attached hydrogens (tertiary/aromatic N) is 2. The summed E-state index contributed by atoms with van der Waals surface area (Å²) >= 11 is 0. The molecule has 48 heavy (non-hydrogen) atoms. The van der Waals surface area contributed by atoms with Crippen molar-refractivity contribution in [1.82, 2.24) is 0 Å². The average molecular weight is 635 g/mol. The van der Waals surface area contributed by atoms with Crippen LogP contribution in [0.2, 0.25) is 13.1 Å². The van der Waals surface area contributed by atoms with Gasteiger partial charge in [-0.25, -0.2) is 0 Å². The van der Waals surface area contributed by atoms with Crippen molar-refractivity contribution in [3.63, 3.8) is 0 Å². The first-order valence-electron chi connectivity index (χ1n) is 16.5. The van der Waals surface area contributed by atoms with E-state index in [-0.39, 0.29) is 0 Å². The van der Waals surface area contributed by atoms with Crippen LogP contribution in [0.15, 0.2) is 174 Å². The first-order valence-corrected chi connectivity index (χ1v) is 19.5. The fourth-order valence-corrected chi connectivity index (χ4v) is 10.9. The number of anilines is 6. The van der Waals surface area contributed by atoms with Crippen LogP contribution in [-0.4, -0.2) is 8.07 Å². The van der Waals surface area contributed by atoms with Crippen molar-refractivity contribution in [3.8, 4) is 11.3 Å². The summed E-state index contributed by atoms with van der Waals surface area (Å²) < 4.78 is 7.01. The molecule has 1 aliphatic heterocycles. The van der Waals surface area contributed by atoms with Crippen LogP contribution in [-0.2, 0) is 0 Å². The molecule has 0 amide bonds. The predicted molar refractivity (Wildman–Crippen MR) is 205 cm³/mol. The Hall–Kier alpha value is -5.84. The largest absolute Gasteiger partial charge is 0.456 e. The van der Waals surface area contributed by atoms with Gasteiger partial charge in [-0.3, -0.25) is 0 Å². The zero-order chi connectivity index (χ0) is 32.2. The fraction of sp³-hybridized carbons (Fsp3) is 0.0455. The third-order valence-corrected chi connectivity index (χ3v) is 13.3. The Kier molecular flexibility index (Phi) is 6.59. The second kappa shape index (κ2) is 11.1. The van der Waals surface area contributed by atoms with Crippen molar-refractivity contribution in [2.24, 2.45) is 0 Å². The van der Waals surface area contributed by atoms with Gasteiger partial charge in [0.1, 0.15) is 19.4 Å². The van der Waals surface area contributed by atoms with Crippen LogP contribution < -0.4 is 20.2 Å². The number of hydrogen-bond donors (Lipinski definition) is 0. The summed E-state index contributed by atoms with van der Waals surface area (Å²) in [5.41, 5.74) is 8.97. The highest BCUT2D eigenvalue weighted by atomic mass is 28.3. The Labute approximate surface area is 281 Å². The van der Waals surface area contributed by atoms with Gasteiger partial charge in [-0.05, 0) is 82.5 Å². The standard InChI is InChI=1S/C44H34N2OSi/c1-48(2)41-30-39(46(33-21-11-5-12-22-33)34-23-13-6-14-24-34)36-25-15-16-26-37(36)42(41)43-44(48)38-28-27-35(29-40(38)47-43)45(31-17-7-3-8-18-31)32-19-9-4-10-20-32/h3-30H,1-2H3. The molecule has 0 unspecified atom stereocenters. The number of furan rings is 1. The molecule has 0 spiro atoms. The first kappa shape index (κ1) is 28.4. The molecule has 0 saturated heterocycles. The lowest BCUT2D eigenvalue weighted by atomic mass is 9.99. The molecule has 0 fully saturated rings. The molecule has 2 heterocycles. The molecule has 0 bridgehead atoms. The molecule has 1 aromatic heterocycles. The van der Waals surface area contributed by atoms with E-state index in [1.54, 1.807) is 0 Å². The SMILES string of the molecule is C[Si]1(C)c2cc(N(c3ccccc3)c3ccccc3)c3ccccc3c2-c2oc3cc(N(c4ccccc4)c4ccccc4)ccc3c21. The van der Waals surface area contributed by atoms with Gasteiger partial charge in [0.25, 0.3) is 0 Å². The topological polar surface area (TPSA) is 19.6 Å². The van der Waals surface area contributed by atoms with Gasteiger partial charge < -0.3 is 14.2 Å². The summed E-state index contributed by atoms with van der Waals surface area (Å²) in [5, 5.41) is 6.47. The molecule has 3 nitrogen and oxygen atoms in total. The predicted octanol–water partition coefficient (Wildman–Crippen LogP) is 11.3. The molecule has 0 atom stereocenters. The van der Waals surface area contributed by atoms with E-state index in [1.807, 2.05) is 0 Å². The Morgan fingerprint density at radius 3 is 1.46 bits per heavy atom. The van der Waals surface area contributed by atoms with Crippen molar-refractivity contribution in [2.75, 3.05) is 9.80 Å². The summed E-state index contributed by atoms with van der Waals surface area (Å²) in [7, 11) is -2.20. The second-order valence-corrected chi connectivity index (χ2v) is 17.3. The van der Waals surface area contributed by atoms with Crippen molar-refractivity contribution in [1.29, 1.82) is 0 Å². The highest BCUT2D eigenvalue weighted by Crippen LogP contribution is 2.46. The Morgan fingerprint density at radius 2 is 0.917 bits per heavy atom. The summed E-state index contributed by atoms with van der Waals surface area (Å²) in [6.07, 6.45) is 0. The molecule has 0 radical (unpaired) electrons. The van der Waals surface area contributed by atoms with E-state index in [2.05, 4.69) is 193 Å².